The Kier molecular flexibility index (Phi) is 4.96. The molecule has 1 N–H and O–H groups in total. The molecule has 0 aliphatic heterocycles. The summed E-state index contributed by atoms with van der Waals surface area (Å²) < 4.78 is 5.57. The number of benzene rings is 2. The van der Waals surface area contributed by atoms with Crippen LogP contribution in [0.5, 0.6) is 0 Å². The molecule has 0 fully saturated rings. The number of nitrogens with zero attached hydrogens (tertiary/aromatic N) is 2. The molecule has 5 nitrogen and oxygen atoms in total. The minimum atomic E-state index is -0.104. The quantitative estimate of drug-likeness (QED) is 0.709. The number of amides is 1. The lowest BCUT2D eigenvalue weighted by atomic mass is 10.1. The number of carbonyl (C=O) groups is 1. The Labute approximate surface area is 144 Å². The van der Waals surface area contributed by atoms with E-state index in [9.17, 15) is 4.79 Å². The summed E-state index contributed by atoms with van der Waals surface area (Å²) in [4.78, 5) is 12.1. The molecule has 0 spiro atoms. The molecule has 122 valence electrons. The maximum atomic E-state index is 12.1. The zero-order valence-electron chi connectivity index (χ0n) is 13.4. The Morgan fingerprint density at radius 3 is 2.67 bits per heavy atom. The number of anilines is 1. The minimum absolute atomic E-state index is 0.104. The number of rotatable bonds is 5. The third-order valence-corrected chi connectivity index (χ3v) is 4.45. The maximum absolute atomic E-state index is 12.1. The molecule has 0 atom stereocenters. The normalized spacial score (nSPS) is 10.6. The number of thioether (sulfide) groups is 1. The Bertz CT molecular complexity index is 846. The Hall–Kier alpha value is -2.60. The zero-order chi connectivity index (χ0) is 16.9. The van der Waals surface area contributed by atoms with Crippen LogP contribution in [0.25, 0.3) is 11.5 Å². The molecule has 1 amide bonds. The van der Waals surface area contributed by atoms with E-state index in [2.05, 4.69) is 15.5 Å². The molecule has 0 radical (unpaired) electrons. The fourth-order valence-corrected chi connectivity index (χ4v) is 2.73. The van der Waals surface area contributed by atoms with Crippen LogP contribution >= 0.6 is 11.8 Å². The molecule has 0 bridgehead atoms. The average molecular weight is 339 g/mol. The minimum Gasteiger partial charge on any atom is -0.411 e. The second kappa shape index (κ2) is 7.31. The van der Waals surface area contributed by atoms with Crippen LogP contribution in [0.3, 0.4) is 0 Å². The fourth-order valence-electron chi connectivity index (χ4n) is 2.17. The zero-order valence-corrected chi connectivity index (χ0v) is 14.3. The first kappa shape index (κ1) is 16.3. The van der Waals surface area contributed by atoms with Crippen LogP contribution < -0.4 is 5.32 Å². The van der Waals surface area contributed by atoms with Crippen molar-refractivity contribution in [1.82, 2.24) is 10.2 Å². The standard InChI is InChI=1S/C18H17N3O2S/c1-12-7-6-10-15(13(12)2)19-16(22)11-24-18-21-20-17(23-18)14-8-4-3-5-9-14/h3-10H,11H2,1-2H3,(H,19,22). The van der Waals surface area contributed by atoms with Crippen LogP contribution in [0.1, 0.15) is 11.1 Å². The molecule has 2 aromatic carbocycles. The lowest BCUT2D eigenvalue weighted by Gasteiger charge is -2.09. The molecule has 3 rings (SSSR count). The van der Waals surface area contributed by atoms with Crippen molar-refractivity contribution in [2.24, 2.45) is 0 Å². The van der Waals surface area contributed by atoms with Gasteiger partial charge in [-0.15, -0.1) is 10.2 Å². The summed E-state index contributed by atoms with van der Waals surface area (Å²) >= 11 is 1.22. The van der Waals surface area contributed by atoms with E-state index in [1.807, 2.05) is 62.4 Å². The second-order valence-electron chi connectivity index (χ2n) is 5.32. The molecular formula is C18H17N3O2S. The molecule has 0 saturated carbocycles. The molecule has 0 aliphatic rings. The van der Waals surface area contributed by atoms with Crippen LogP contribution in [0.2, 0.25) is 0 Å². The van der Waals surface area contributed by atoms with E-state index in [4.69, 9.17) is 4.42 Å². The van der Waals surface area contributed by atoms with Gasteiger partial charge in [-0.05, 0) is 43.2 Å². The monoisotopic (exact) mass is 339 g/mol. The lowest BCUT2D eigenvalue weighted by molar-refractivity contribution is -0.113. The summed E-state index contributed by atoms with van der Waals surface area (Å²) in [7, 11) is 0. The highest BCUT2D eigenvalue weighted by molar-refractivity contribution is 7.99. The van der Waals surface area contributed by atoms with Gasteiger partial charge in [0.1, 0.15) is 0 Å². The molecule has 0 unspecified atom stereocenters. The third kappa shape index (κ3) is 3.83. The number of carbonyl (C=O) groups excluding carboxylic acids is 1. The van der Waals surface area contributed by atoms with Crippen molar-refractivity contribution in [3.63, 3.8) is 0 Å². The largest absolute Gasteiger partial charge is 0.411 e. The Morgan fingerprint density at radius 2 is 1.88 bits per heavy atom. The SMILES string of the molecule is Cc1cccc(NC(=O)CSc2nnc(-c3ccccc3)o2)c1C. The van der Waals surface area contributed by atoms with Crippen molar-refractivity contribution in [3.05, 3.63) is 59.7 Å². The van der Waals surface area contributed by atoms with Gasteiger partial charge in [0.25, 0.3) is 5.22 Å². The van der Waals surface area contributed by atoms with Crippen molar-refractivity contribution in [3.8, 4) is 11.5 Å². The topological polar surface area (TPSA) is 68.0 Å². The average Bonchev–Trinajstić information content (AvgIpc) is 3.07. The molecule has 24 heavy (non-hydrogen) atoms. The number of nitrogens with one attached hydrogen (secondary N) is 1. The highest BCUT2D eigenvalue weighted by atomic mass is 32.2. The van der Waals surface area contributed by atoms with Gasteiger partial charge in [-0.1, -0.05) is 42.1 Å². The number of hydrogen-bond donors (Lipinski definition) is 1. The number of aromatic nitrogens is 2. The van der Waals surface area contributed by atoms with E-state index in [1.54, 1.807) is 0 Å². The fraction of sp³-hybridized carbons (Fsp3) is 0.167. The van der Waals surface area contributed by atoms with Gasteiger partial charge in [-0.2, -0.15) is 0 Å². The molecule has 0 saturated heterocycles. The van der Waals surface area contributed by atoms with Gasteiger partial charge in [-0.25, -0.2) is 0 Å². The molecule has 3 aromatic rings. The highest BCUT2D eigenvalue weighted by Gasteiger charge is 2.12. The smallest absolute Gasteiger partial charge is 0.277 e. The molecule has 1 aromatic heterocycles. The Morgan fingerprint density at radius 1 is 1.08 bits per heavy atom. The van der Waals surface area contributed by atoms with Crippen molar-refractivity contribution < 1.29 is 9.21 Å². The van der Waals surface area contributed by atoms with E-state index in [0.717, 1.165) is 22.4 Å². The third-order valence-electron chi connectivity index (χ3n) is 3.63. The van der Waals surface area contributed by atoms with Gasteiger partial charge in [0.2, 0.25) is 11.8 Å². The van der Waals surface area contributed by atoms with E-state index in [1.165, 1.54) is 11.8 Å². The maximum Gasteiger partial charge on any atom is 0.277 e. The van der Waals surface area contributed by atoms with Crippen LogP contribution in [0.4, 0.5) is 5.69 Å². The number of hydrogen-bond acceptors (Lipinski definition) is 5. The van der Waals surface area contributed by atoms with Crippen molar-refractivity contribution in [2.75, 3.05) is 11.1 Å². The first-order valence-corrected chi connectivity index (χ1v) is 8.50. The summed E-state index contributed by atoms with van der Waals surface area (Å²) in [5, 5.41) is 11.3. The summed E-state index contributed by atoms with van der Waals surface area (Å²) in [6, 6.07) is 15.4. The van der Waals surface area contributed by atoms with Crippen molar-refractivity contribution in [2.45, 2.75) is 19.1 Å². The second-order valence-corrected chi connectivity index (χ2v) is 6.25. The first-order chi connectivity index (χ1) is 11.6. The van der Waals surface area contributed by atoms with Crippen LogP contribution in [0.15, 0.2) is 58.2 Å². The molecular weight excluding hydrogens is 322 g/mol. The first-order valence-electron chi connectivity index (χ1n) is 7.51. The van der Waals surface area contributed by atoms with Gasteiger partial charge in [0.15, 0.2) is 0 Å². The summed E-state index contributed by atoms with van der Waals surface area (Å²) in [5.41, 5.74) is 3.90. The predicted octanol–water partition coefficient (Wildman–Crippen LogP) is 4.08. The molecule has 0 aliphatic carbocycles. The lowest BCUT2D eigenvalue weighted by Crippen LogP contribution is -2.15. The van der Waals surface area contributed by atoms with E-state index in [-0.39, 0.29) is 11.7 Å². The van der Waals surface area contributed by atoms with Crippen LogP contribution in [-0.2, 0) is 4.79 Å². The van der Waals surface area contributed by atoms with Gasteiger partial charge >= 0.3 is 0 Å². The van der Waals surface area contributed by atoms with E-state index in [0.29, 0.717) is 11.1 Å². The highest BCUT2D eigenvalue weighted by Crippen LogP contribution is 2.23. The number of aryl methyl sites for hydroxylation is 1. The van der Waals surface area contributed by atoms with Gasteiger partial charge in [0.05, 0.1) is 5.75 Å². The summed E-state index contributed by atoms with van der Waals surface area (Å²) in [5.74, 6) is 0.560. The van der Waals surface area contributed by atoms with Crippen molar-refractivity contribution in [1.29, 1.82) is 0 Å². The van der Waals surface area contributed by atoms with Crippen molar-refractivity contribution >= 4 is 23.4 Å². The van der Waals surface area contributed by atoms with Gasteiger partial charge in [0, 0.05) is 11.3 Å². The summed E-state index contributed by atoms with van der Waals surface area (Å²) in [6.45, 7) is 4.01. The predicted molar refractivity (Wildman–Crippen MR) is 95.0 cm³/mol. The Balaban J connectivity index is 1.59. The van der Waals surface area contributed by atoms with Gasteiger partial charge < -0.3 is 9.73 Å². The van der Waals surface area contributed by atoms with E-state index >= 15 is 0 Å². The van der Waals surface area contributed by atoms with Crippen LogP contribution in [-0.4, -0.2) is 21.9 Å². The molecule has 1 heterocycles. The molecule has 6 heteroatoms. The van der Waals surface area contributed by atoms with Crippen LogP contribution in [0, 0.1) is 13.8 Å². The van der Waals surface area contributed by atoms with E-state index < -0.39 is 0 Å². The summed E-state index contributed by atoms with van der Waals surface area (Å²) in [6.07, 6.45) is 0. The van der Waals surface area contributed by atoms with Gasteiger partial charge in [-0.3, -0.25) is 4.79 Å².